The number of benzene rings is 1. The fourth-order valence-corrected chi connectivity index (χ4v) is 8.66. The highest BCUT2D eigenvalue weighted by Crippen LogP contribution is 2.52. The monoisotopic (exact) mass is 558 g/mol. The van der Waals surface area contributed by atoms with E-state index in [1.54, 1.807) is 12.1 Å². The Morgan fingerprint density at radius 1 is 1.36 bits per heavy atom. The molecule has 36 heavy (non-hydrogen) atoms. The van der Waals surface area contributed by atoms with Crippen LogP contribution < -0.4 is 16.2 Å². The normalized spacial score (nSPS) is 27.8. The van der Waals surface area contributed by atoms with Gasteiger partial charge >= 0.3 is 6.16 Å². The molecule has 0 bridgehead atoms. The third-order valence-corrected chi connectivity index (χ3v) is 10.5. The molecule has 3 heterocycles. The van der Waals surface area contributed by atoms with Gasteiger partial charge in [-0.1, -0.05) is 13.0 Å². The second kappa shape index (κ2) is 10.9. The minimum absolute atomic E-state index is 0.0615. The van der Waals surface area contributed by atoms with E-state index >= 15 is 0 Å². The minimum Gasteiger partial charge on any atom is -0.449 e. The number of hydrogen-bond acceptors (Lipinski definition) is 10. The van der Waals surface area contributed by atoms with Gasteiger partial charge in [-0.3, -0.25) is 9.69 Å². The van der Waals surface area contributed by atoms with Gasteiger partial charge in [-0.15, -0.1) is 23.5 Å². The Labute approximate surface area is 218 Å². The highest BCUT2D eigenvalue weighted by molar-refractivity contribution is 8.03. The number of hydrogen-bond donors (Lipinski definition) is 5. The van der Waals surface area contributed by atoms with Crippen molar-refractivity contribution in [2.45, 2.75) is 53.4 Å². The summed E-state index contributed by atoms with van der Waals surface area (Å²) in [7, 11) is -3.90. The summed E-state index contributed by atoms with van der Waals surface area (Å²) in [5.41, 5.74) is 6.31. The maximum absolute atomic E-state index is 12.6. The van der Waals surface area contributed by atoms with Gasteiger partial charge in [-0.2, -0.15) is 0 Å². The first kappa shape index (κ1) is 27.2. The Kier molecular flexibility index (Phi) is 8.24. The Morgan fingerprint density at radius 2 is 2.11 bits per heavy atom. The van der Waals surface area contributed by atoms with Crippen molar-refractivity contribution in [3.05, 3.63) is 34.6 Å². The largest absolute Gasteiger partial charge is 0.512 e. The van der Waals surface area contributed by atoms with Gasteiger partial charge in [0, 0.05) is 47.6 Å². The fraction of sp³-hybridized carbons (Fsp3) is 0.545. The van der Waals surface area contributed by atoms with Crippen LogP contribution in [0.4, 0.5) is 4.79 Å². The van der Waals surface area contributed by atoms with Crippen molar-refractivity contribution in [3.8, 4) is 0 Å². The van der Waals surface area contributed by atoms with Gasteiger partial charge < -0.3 is 26.0 Å². The van der Waals surface area contributed by atoms with Crippen LogP contribution in [0, 0.1) is 11.8 Å². The van der Waals surface area contributed by atoms with E-state index in [1.807, 2.05) is 6.92 Å². The number of amides is 1. The van der Waals surface area contributed by atoms with Crippen molar-refractivity contribution >= 4 is 45.6 Å². The molecule has 0 unspecified atom stereocenters. The molecule has 14 heteroatoms. The minimum atomic E-state index is -3.90. The maximum atomic E-state index is 12.6. The number of thioether (sulfide) groups is 2. The van der Waals surface area contributed by atoms with Crippen LogP contribution in [0.1, 0.15) is 25.3 Å². The van der Waals surface area contributed by atoms with E-state index in [0.29, 0.717) is 29.2 Å². The topological polar surface area (TPSA) is 185 Å². The van der Waals surface area contributed by atoms with Crippen molar-refractivity contribution in [1.82, 2.24) is 10.2 Å². The molecule has 0 saturated carbocycles. The molecule has 2 fully saturated rings. The summed E-state index contributed by atoms with van der Waals surface area (Å²) in [6.07, 6.45) is -0.377. The molecule has 0 spiro atoms. The number of sulfonamides is 1. The summed E-state index contributed by atoms with van der Waals surface area (Å²) in [5, 5.41) is 27.5. The number of β-lactam (4-membered cyclic amide) rings is 1. The van der Waals surface area contributed by atoms with Crippen LogP contribution in [-0.2, 0) is 26.1 Å². The predicted octanol–water partition coefficient (Wildman–Crippen LogP) is 1.07. The molecule has 11 nitrogen and oxygen atoms in total. The average molecular weight is 559 g/mol. The van der Waals surface area contributed by atoms with Crippen LogP contribution in [0.15, 0.2) is 38.8 Å². The molecule has 1 amide bonds. The van der Waals surface area contributed by atoms with E-state index in [1.165, 1.54) is 34.5 Å². The van der Waals surface area contributed by atoms with Gasteiger partial charge in [0.05, 0.1) is 21.8 Å². The molecule has 3 aliphatic rings. The first-order chi connectivity index (χ1) is 17.0. The molecule has 1 aromatic carbocycles. The van der Waals surface area contributed by atoms with Gasteiger partial charge in [0.25, 0.3) is 0 Å². The molecule has 198 valence electrons. The van der Waals surface area contributed by atoms with E-state index in [0.717, 1.165) is 11.3 Å². The lowest BCUT2D eigenvalue weighted by atomic mass is 9.80. The fourth-order valence-electron chi connectivity index (χ4n) is 5.01. The van der Waals surface area contributed by atoms with Crippen LogP contribution in [0.5, 0.6) is 0 Å². The molecule has 4 rings (SSSR count). The molecule has 0 aliphatic carbocycles. The standard InChI is InChI=1S/C22H30N4O7S3/c1-11-18-15(4-5-27)20(28)26(18)21(33-22(29)30)19(11)35-14-7-13(25-9-14)10-34-16-3-2-12(8-23)6-17(16)36(24,31)32/h2-3,6,11,13-15,18,25,27H,4-5,7-10,23H2,1H3,(H,29,30)(H2,24,31,32)/t11-,13+,14+,15+,18-/m1/s1. The third kappa shape index (κ3) is 5.39. The van der Waals surface area contributed by atoms with Gasteiger partial charge in [0.15, 0.2) is 0 Å². The highest BCUT2D eigenvalue weighted by atomic mass is 32.2. The first-order valence-electron chi connectivity index (χ1n) is 11.5. The molecule has 2 saturated heterocycles. The maximum Gasteiger partial charge on any atom is 0.512 e. The lowest BCUT2D eigenvalue weighted by Gasteiger charge is -2.44. The Bertz CT molecular complexity index is 1180. The van der Waals surface area contributed by atoms with E-state index < -0.39 is 16.2 Å². The number of primary sulfonamides is 1. The van der Waals surface area contributed by atoms with Crippen molar-refractivity contribution in [2.75, 3.05) is 18.9 Å². The van der Waals surface area contributed by atoms with Crippen LogP contribution in [-0.4, -0.2) is 71.8 Å². The second-order valence-electron chi connectivity index (χ2n) is 9.07. The summed E-state index contributed by atoms with van der Waals surface area (Å²) in [4.78, 5) is 26.7. The van der Waals surface area contributed by atoms with E-state index in [2.05, 4.69) is 5.32 Å². The second-order valence-corrected chi connectivity index (χ2v) is 13.0. The van der Waals surface area contributed by atoms with Crippen molar-refractivity contribution in [2.24, 2.45) is 22.7 Å². The number of nitrogens with two attached hydrogens (primary N) is 2. The van der Waals surface area contributed by atoms with E-state index in [-0.39, 0.29) is 59.0 Å². The van der Waals surface area contributed by atoms with Gasteiger partial charge in [0.2, 0.25) is 21.8 Å². The number of carbonyl (C=O) groups is 2. The third-order valence-electron chi connectivity index (χ3n) is 6.71. The smallest absolute Gasteiger partial charge is 0.449 e. The number of nitrogens with one attached hydrogen (secondary N) is 1. The molecular formula is C22H30N4O7S3. The lowest BCUT2D eigenvalue weighted by molar-refractivity contribution is -0.156. The lowest BCUT2D eigenvalue weighted by Crippen LogP contribution is -2.60. The quantitative estimate of drug-likeness (QED) is 0.157. The van der Waals surface area contributed by atoms with Crippen LogP contribution in [0.25, 0.3) is 0 Å². The molecule has 7 N–H and O–H groups in total. The summed E-state index contributed by atoms with van der Waals surface area (Å²) < 4.78 is 29.1. The SMILES string of the molecule is C[C@H]1C(S[C@@H]2CN[C@H](CSc3ccc(CN)cc3S(N)(=O)=O)C2)=C(OC(=O)O)N2C(=O)[C@@H](CCO)[C@@H]12. The van der Waals surface area contributed by atoms with E-state index in [9.17, 15) is 28.2 Å². The number of aliphatic hydroxyl groups is 1. The zero-order valence-electron chi connectivity index (χ0n) is 19.6. The van der Waals surface area contributed by atoms with Crippen molar-refractivity contribution in [3.63, 3.8) is 0 Å². The number of carboxylic acid groups (broad SMARTS) is 1. The zero-order valence-corrected chi connectivity index (χ0v) is 22.1. The van der Waals surface area contributed by atoms with Gasteiger partial charge in [-0.25, -0.2) is 18.4 Å². The first-order valence-corrected chi connectivity index (χ1v) is 14.9. The number of aliphatic hydroxyl groups excluding tert-OH is 1. The average Bonchev–Trinajstić information content (AvgIpc) is 3.36. The molecule has 0 aromatic heterocycles. The summed E-state index contributed by atoms with van der Waals surface area (Å²) in [6, 6.07) is 4.89. The van der Waals surface area contributed by atoms with Crippen LogP contribution >= 0.6 is 23.5 Å². The van der Waals surface area contributed by atoms with Crippen molar-refractivity contribution in [1.29, 1.82) is 0 Å². The number of ether oxygens (including phenoxy) is 1. The molecular weight excluding hydrogens is 528 g/mol. The summed E-state index contributed by atoms with van der Waals surface area (Å²) in [6.45, 7) is 2.71. The molecule has 3 aliphatic heterocycles. The molecule has 5 atom stereocenters. The van der Waals surface area contributed by atoms with Gasteiger partial charge in [-0.05, 0) is 30.5 Å². The van der Waals surface area contributed by atoms with Crippen LogP contribution in [0.2, 0.25) is 0 Å². The summed E-state index contributed by atoms with van der Waals surface area (Å²) >= 11 is 2.91. The number of rotatable bonds is 10. The molecule has 0 radical (unpaired) electrons. The predicted molar refractivity (Wildman–Crippen MR) is 135 cm³/mol. The number of fused-ring (bicyclic) bond motifs is 1. The summed E-state index contributed by atoms with van der Waals surface area (Å²) in [5.74, 6) is 0.0172. The number of carbonyl (C=O) groups excluding carboxylic acids is 1. The molecule has 1 aromatic rings. The number of nitrogens with zero attached hydrogens (tertiary/aromatic N) is 1. The Hall–Kier alpha value is -1.81. The highest BCUT2D eigenvalue weighted by Gasteiger charge is 2.58. The van der Waals surface area contributed by atoms with Crippen LogP contribution in [0.3, 0.4) is 0 Å². The Morgan fingerprint density at radius 3 is 2.75 bits per heavy atom. The zero-order chi connectivity index (χ0) is 26.2. The van der Waals surface area contributed by atoms with Crippen molar-refractivity contribution < 1.29 is 33.0 Å². The van der Waals surface area contributed by atoms with Gasteiger partial charge in [0.1, 0.15) is 0 Å². The Balaban J connectivity index is 1.42. The van der Waals surface area contributed by atoms with E-state index in [4.69, 9.17) is 15.6 Å².